The maximum Gasteiger partial charge on any atom is 0.216 e. The Bertz CT molecular complexity index is 802. The van der Waals surface area contributed by atoms with Crippen molar-refractivity contribution in [3.8, 4) is 6.07 Å². The second-order valence-electron chi connectivity index (χ2n) is 4.86. The van der Waals surface area contributed by atoms with Gasteiger partial charge in [-0.05, 0) is 11.1 Å². The van der Waals surface area contributed by atoms with Crippen molar-refractivity contribution in [1.29, 1.82) is 10.7 Å². The van der Waals surface area contributed by atoms with Crippen LogP contribution in [0.1, 0.15) is 17.0 Å². The number of ketones is 1. The highest BCUT2D eigenvalue weighted by Crippen LogP contribution is 2.34. The molecule has 3 rings (SSSR count). The van der Waals surface area contributed by atoms with E-state index in [2.05, 4.69) is 0 Å². The molecule has 0 aliphatic carbocycles. The molecule has 1 aliphatic heterocycles. The SMILES string of the molecule is N#CC(=C1OC(=N)C(c2ccccc2)C1=O)c1ccccc1. The van der Waals surface area contributed by atoms with Gasteiger partial charge in [0.1, 0.15) is 17.6 Å². The van der Waals surface area contributed by atoms with E-state index in [-0.39, 0.29) is 23.0 Å². The van der Waals surface area contributed by atoms with E-state index in [1.807, 2.05) is 18.2 Å². The van der Waals surface area contributed by atoms with E-state index in [9.17, 15) is 10.1 Å². The molecule has 1 fully saturated rings. The Kier molecular flexibility index (Phi) is 3.55. The first-order chi connectivity index (χ1) is 10.7. The molecule has 1 atom stereocenters. The van der Waals surface area contributed by atoms with Gasteiger partial charge < -0.3 is 4.74 Å². The summed E-state index contributed by atoms with van der Waals surface area (Å²) in [5.41, 5.74) is 1.46. The second-order valence-corrected chi connectivity index (χ2v) is 4.86. The minimum Gasteiger partial charge on any atom is -0.437 e. The highest BCUT2D eigenvalue weighted by atomic mass is 16.5. The van der Waals surface area contributed by atoms with Crippen LogP contribution in [0.15, 0.2) is 66.4 Å². The summed E-state index contributed by atoms with van der Waals surface area (Å²) in [7, 11) is 0. The van der Waals surface area contributed by atoms with Gasteiger partial charge >= 0.3 is 0 Å². The number of ether oxygens (including phenoxy) is 1. The number of rotatable bonds is 2. The van der Waals surface area contributed by atoms with Crippen LogP contribution < -0.4 is 0 Å². The van der Waals surface area contributed by atoms with Gasteiger partial charge in [0.2, 0.25) is 11.7 Å². The van der Waals surface area contributed by atoms with Crippen LogP contribution in [0.4, 0.5) is 0 Å². The van der Waals surface area contributed by atoms with Crippen LogP contribution in [-0.2, 0) is 9.53 Å². The summed E-state index contributed by atoms with van der Waals surface area (Å²) in [6.07, 6.45) is 0. The molecular formula is C18H12N2O2. The summed E-state index contributed by atoms with van der Waals surface area (Å²) in [6.45, 7) is 0. The van der Waals surface area contributed by atoms with Crippen molar-refractivity contribution < 1.29 is 9.53 Å². The van der Waals surface area contributed by atoms with E-state index in [1.54, 1.807) is 48.5 Å². The van der Waals surface area contributed by atoms with E-state index in [1.165, 1.54) is 0 Å². The van der Waals surface area contributed by atoms with Gasteiger partial charge in [-0.2, -0.15) is 5.26 Å². The molecule has 0 saturated carbocycles. The van der Waals surface area contributed by atoms with Crippen LogP contribution in [0.5, 0.6) is 0 Å². The van der Waals surface area contributed by atoms with E-state index >= 15 is 0 Å². The lowest BCUT2D eigenvalue weighted by Crippen LogP contribution is -2.12. The zero-order valence-corrected chi connectivity index (χ0v) is 11.6. The molecule has 0 aromatic heterocycles. The molecule has 0 amide bonds. The first-order valence-electron chi connectivity index (χ1n) is 6.77. The second kappa shape index (κ2) is 5.66. The molecular weight excluding hydrogens is 276 g/mol. The van der Waals surface area contributed by atoms with Gasteiger partial charge in [-0.1, -0.05) is 60.7 Å². The maximum absolute atomic E-state index is 12.6. The Morgan fingerprint density at radius 1 is 1.05 bits per heavy atom. The third kappa shape index (κ3) is 2.29. The number of nitrogens with one attached hydrogen (secondary N) is 1. The molecule has 22 heavy (non-hydrogen) atoms. The van der Waals surface area contributed by atoms with Crippen LogP contribution in [0.2, 0.25) is 0 Å². The minimum atomic E-state index is -0.775. The van der Waals surface area contributed by atoms with Gasteiger partial charge in [-0.25, -0.2) is 0 Å². The average molecular weight is 288 g/mol. The number of hydrogen-bond acceptors (Lipinski definition) is 4. The summed E-state index contributed by atoms with van der Waals surface area (Å²) in [5.74, 6) is -1.32. The van der Waals surface area contributed by atoms with Crippen molar-refractivity contribution in [2.75, 3.05) is 0 Å². The molecule has 1 aliphatic rings. The van der Waals surface area contributed by atoms with Crippen LogP contribution in [0, 0.1) is 16.7 Å². The number of nitriles is 1. The highest BCUT2D eigenvalue weighted by molar-refractivity contribution is 6.21. The van der Waals surface area contributed by atoms with Gasteiger partial charge in [-0.15, -0.1) is 0 Å². The molecule has 4 nitrogen and oxygen atoms in total. The molecule has 1 saturated heterocycles. The summed E-state index contributed by atoms with van der Waals surface area (Å²) in [5, 5.41) is 17.3. The van der Waals surface area contributed by atoms with E-state index in [0.29, 0.717) is 11.1 Å². The Hall–Kier alpha value is -3.19. The fourth-order valence-electron chi connectivity index (χ4n) is 2.44. The lowest BCUT2D eigenvalue weighted by Gasteiger charge is -2.04. The highest BCUT2D eigenvalue weighted by Gasteiger charge is 2.40. The van der Waals surface area contributed by atoms with Crippen LogP contribution in [-0.4, -0.2) is 11.7 Å². The van der Waals surface area contributed by atoms with Gasteiger partial charge in [0.15, 0.2) is 5.76 Å². The standard InChI is InChI=1S/C18H12N2O2/c19-11-14(12-7-3-1-4-8-12)17-16(21)15(18(20)22-17)13-9-5-2-6-10-13/h1-10,15,20H. The number of nitrogens with zero attached hydrogens (tertiary/aromatic N) is 1. The smallest absolute Gasteiger partial charge is 0.216 e. The summed E-state index contributed by atoms with van der Waals surface area (Å²) >= 11 is 0. The van der Waals surface area contributed by atoms with Crippen LogP contribution >= 0.6 is 0 Å². The molecule has 0 bridgehead atoms. The quantitative estimate of drug-likeness (QED) is 0.680. The average Bonchev–Trinajstić information content (AvgIpc) is 2.85. The zero-order chi connectivity index (χ0) is 15.5. The molecule has 0 radical (unpaired) electrons. The predicted octanol–water partition coefficient (Wildman–Crippen LogP) is 3.28. The monoisotopic (exact) mass is 288 g/mol. The van der Waals surface area contributed by atoms with Crippen molar-refractivity contribution >= 4 is 17.3 Å². The fraction of sp³-hybridized carbons (Fsp3) is 0.0556. The van der Waals surface area contributed by atoms with E-state index < -0.39 is 5.92 Å². The summed E-state index contributed by atoms with van der Waals surface area (Å²) < 4.78 is 5.34. The summed E-state index contributed by atoms with van der Waals surface area (Å²) in [6, 6.07) is 19.9. The van der Waals surface area contributed by atoms with Gasteiger partial charge in [-0.3, -0.25) is 10.2 Å². The van der Waals surface area contributed by atoms with Crippen molar-refractivity contribution in [3.05, 3.63) is 77.5 Å². The number of Topliss-reactive ketones (excluding diaryl/α,β-unsaturated/α-hetero) is 1. The molecule has 1 unspecified atom stereocenters. The molecule has 106 valence electrons. The van der Waals surface area contributed by atoms with Crippen molar-refractivity contribution in [2.45, 2.75) is 5.92 Å². The van der Waals surface area contributed by atoms with Gasteiger partial charge in [0.25, 0.3) is 0 Å². The zero-order valence-electron chi connectivity index (χ0n) is 11.6. The Morgan fingerprint density at radius 3 is 2.23 bits per heavy atom. The van der Waals surface area contributed by atoms with Crippen molar-refractivity contribution in [2.24, 2.45) is 0 Å². The predicted molar refractivity (Wildman–Crippen MR) is 82.0 cm³/mol. The third-order valence-corrected chi connectivity index (χ3v) is 3.49. The Morgan fingerprint density at radius 2 is 1.64 bits per heavy atom. The fourth-order valence-corrected chi connectivity index (χ4v) is 2.44. The molecule has 0 spiro atoms. The van der Waals surface area contributed by atoms with Crippen LogP contribution in [0.25, 0.3) is 5.57 Å². The largest absolute Gasteiger partial charge is 0.437 e. The van der Waals surface area contributed by atoms with Crippen molar-refractivity contribution in [3.63, 3.8) is 0 Å². The molecule has 4 heteroatoms. The Balaban J connectivity index is 2.07. The number of carbonyl (C=O) groups excluding carboxylic acids is 1. The number of carbonyl (C=O) groups is 1. The summed E-state index contributed by atoms with van der Waals surface area (Å²) in [4.78, 5) is 12.6. The number of allylic oxidation sites excluding steroid dienone is 2. The first-order valence-corrected chi connectivity index (χ1v) is 6.77. The molecule has 1 heterocycles. The van der Waals surface area contributed by atoms with Crippen LogP contribution in [0.3, 0.4) is 0 Å². The lowest BCUT2D eigenvalue weighted by atomic mass is 9.93. The first kappa shape index (κ1) is 13.8. The maximum atomic E-state index is 12.6. The number of benzene rings is 2. The number of hydrogen-bond donors (Lipinski definition) is 1. The molecule has 1 N–H and O–H groups in total. The molecule has 2 aromatic rings. The van der Waals surface area contributed by atoms with Gasteiger partial charge in [0.05, 0.1) is 0 Å². The normalized spacial score (nSPS) is 19.5. The van der Waals surface area contributed by atoms with Crippen molar-refractivity contribution in [1.82, 2.24) is 0 Å². The lowest BCUT2D eigenvalue weighted by molar-refractivity contribution is -0.115. The molecule has 2 aromatic carbocycles. The van der Waals surface area contributed by atoms with E-state index in [0.717, 1.165) is 0 Å². The Labute approximate surface area is 127 Å². The van der Waals surface area contributed by atoms with E-state index in [4.69, 9.17) is 10.1 Å². The topological polar surface area (TPSA) is 73.9 Å². The van der Waals surface area contributed by atoms with Gasteiger partial charge in [0, 0.05) is 0 Å². The minimum absolute atomic E-state index is 0.0486. The third-order valence-electron chi connectivity index (χ3n) is 3.49.